The summed E-state index contributed by atoms with van der Waals surface area (Å²) in [6, 6.07) is 6.27. The number of thiazole rings is 1. The molecule has 0 saturated carbocycles. The molecule has 0 spiro atoms. The number of carbonyl (C=O) groups is 1. The largest absolute Gasteiger partial charge is 0.477 e. The van der Waals surface area contributed by atoms with Crippen LogP contribution in [0.3, 0.4) is 0 Å². The van der Waals surface area contributed by atoms with Gasteiger partial charge in [0.2, 0.25) is 0 Å². The van der Waals surface area contributed by atoms with E-state index in [4.69, 9.17) is 5.11 Å². The highest BCUT2D eigenvalue weighted by atomic mass is 32.2. The van der Waals surface area contributed by atoms with Gasteiger partial charge >= 0.3 is 5.97 Å². The third-order valence-corrected chi connectivity index (χ3v) is 4.84. The van der Waals surface area contributed by atoms with Crippen LogP contribution in [0.1, 0.15) is 20.9 Å². The molecule has 8 heteroatoms. The summed E-state index contributed by atoms with van der Waals surface area (Å²) in [7, 11) is 0. The van der Waals surface area contributed by atoms with E-state index >= 15 is 0 Å². The van der Waals surface area contributed by atoms with Crippen molar-refractivity contribution in [3.8, 4) is 0 Å². The van der Waals surface area contributed by atoms with Gasteiger partial charge in [-0.25, -0.2) is 9.78 Å². The molecule has 1 heterocycles. The Morgan fingerprint density at radius 2 is 2.10 bits per heavy atom. The van der Waals surface area contributed by atoms with Crippen LogP contribution >= 0.6 is 23.1 Å². The van der Waals surface area contributed by atoms with E-state index in [0.29, 0.717) is 15.8 Å². The van der Waals surface area contributed by atoms with Crippen molar-refractivity contribution in [2.75, 3.05) is 0 Å². The fraction of sp³-hybridized carbons (Fsp3) is 0.167. The number of hydrogen-bond acceptors (Lipinski definition) is 6. The van der Waals surface area contributed by atoms with Gasteiger partial charge in [0.05, 0.1) is 10.6 Å². The van der Waals surface area contributed by atoms with Crippen LogP contribution in [-0.2, 0) is 5.75 Å². The fourth-order valence-corrected chi connectivity index (χ4v) is 3.48. The molecule has 20 heavy (non-hydrogen) atoms. The Kier molecular flexibility index (Phi) is 4.35. The Morgan fingerprint density at radius 1 is 1.45 bits per heavy atom. The zero-order valence-corrected chi connectivity index (χ0v) is 12.0. The van der Waals surface area contributed by atoms with E-state index in [9.17, 15) is 14.9 Å². The molecular formula is C12H10N2O4S2. The molecule has 0 bridgehead atoms. The first-order valence-electron chi connectivity index (χ1n) is 5.54. The van der Waals surface area contributed by atoms with Crippen LogP contribution in [0.2, 0.25) is 0 Å². The van der Waals surface area contributed by atoms with E-state index in [1.807, 2.05) is 0 Å². The summed E-state index contributed by atoms with van der Waals surface area (Å²) in [5, 5.41) is 19.5. The van der Waals surface area contributed by atoms with Gasteiger partial charge in [0.1, 0.15) is 4.88 Å². The second kappa shape index (κ2) is 6.02. The highest BCUT2D eigenvalue weighted by Gasteiger charge is 2.14. The van der Waals surface area contributed by atoms with E-state index in [0.717, 1.165) is 16.9 Å². The number of carboxylic acid groups (broad SMARTS) is 1. The molecule has 0 aliphatic carbocycles. The van der Waals surface area contributed by atoms with Gasteiger partial charge in [-0.05, 0) is 12.5 Å². The molecule has 104 valence electrons. The SMILES string of the molecule is Cc1nc(SCc2ccc([N+](=O)[O-])cc2)sc1C(=O)O. The zero-order chi connectivity index (χ0) is 14.7. The molecule has 1 N–H and O–H groups in total. The summed E-state index contributed by atoms with van der Waals surface area (Å²) in [6.45, 7) is 1.66. The molecule has 0 radical (unpaired) electrons. The highest BCUT2D eigenvalue weighted by Crippen LogP contribution is 2.30. The lowest BCUT2D eigenvalue weighted by atomic mass is 10.2. The van der Waals surface area contributed by atoms with Gasteiger partial charge in [-0.3, -0.25) is 10.1 Å². The first-order valence-corrected chi connectivity index (χ1v) is 7.34. The van der Waals surface area contributed by atoms with Gasteiger partial charge in [0, 0.05) is 17.9 Å². The van der Waals surface area contributed by atoms with E-state index in [2.05, 4.69) is 4.98 Å². The average Bonchev–Trinajstić information content (AvgIpc) is 2.78. The van der Waals surface area contributed by atoms with Gasteiger partial charge < -0.3 is 5.11 Å². The maximum Gasteiger partial charge on any atom is 0.347 e. The monoisotopic (exact) mass is 310 g/mol. The van der Waals surface area contributed by atoms with E-state index in [1.165, 1.54) is 23.9 Å². The quantitative estimate of drug-likeness (QED) is 0.517. The molecule has 0 atom stereocenters. The molecule has 0 saturated heterocycles. The summed E-state index contributed by atoms with van der Waals surface area (Å²) in [6.07, 6.45) is 0. The summed E-state index contributed by atoms with van der Waals surface area (Å²) in [5.41, 5.74) is 1.48. The number of nitrogens with zero attached hydrogens (tertiary/aromatic N) is 2. The van der Waals surface area contributed by atoms with Crippen LogP contribution in [0.25, 0.3) is 0 Å². The smallest absolute Gasteiger partial charge is 0.347 e. The first kappa shape index (κ1) is 14.5. The standard InChI is InChI=1S/C12H10N2O4S2/c1-7-10(11(15)16)20-12(13-7)19-6-8-2-4-9(5-3-8)14(17)18/h2-5H,6H2,1H3,(H,15,16). The molecular weight excluding hydrogens is 300 g/mol. The first-order chi connectivity index (χ1) is 9.47. The van der Waals surface area contributed by atoms with Gasteiger partial charge in [-0.2, -0.15) is 0 Å². The van der Waals surface area contributed by atoms with Crippen molar-refractivity contribution < 1.29 is 14.8 Å². The number of benzene rings is 1. The number of rotatable bonds is 5. The number of nitro groups is 1. The van der Waals surface area contributed by atoms with Crippen LogP contribution < -0.4 is 0 Å². The lowest BCUT2D eigenvalue weighted by Gasteiger charge is -1.98. The van der Waals surface area contributed by atoms with Crippen molar-refractivity contribution in [2.24, 2.45) is 0 Å². The molecule has 0 fully saturated rings. The number of non-ortho nitro benzene ring substituents is 1. The molecule has 1 aromatic carbocycles. The van der Waals surface area contributed by atoms with Gasteiger partial charge in [0.15, 0.2) is 4.34 Å². The number of nitro benzene ring substituents is 1. The second-order valence-corrected chi connectivity index (χ2v) is 6.13. The topological polar surface area (TPSA) is 93.3 Å². The maximum absolute atomic E-state index is 10.9. The minimum Gasteiger partial charge on any atom is -0.477 e. The number of aryl methyl sites for hydroxylation is 1. The third-order valence-electron chi connectivity index (χ3n) is 2.48. The molecule has 1 aromatic heterocycles. The van der Waals surface area contributed by atoms with Crippen molar-refractivity contribution in [2.45, 2.75) is 17.0 Å². The molecule has 2 aromatic rings. The van der Waals surface area contributed by atoms with Crippen LogP contribution in [-0.4, -0.2) is 21.0 Å². The number of thioether (sulfide) groups is 1. The average molecular weight is 310 g/mol. The Bertz CT molecular complexity index is 652. The molecule has 0 aliphatic heterocycles. The molecule has 0 unspecified atom stereocenters. The lowest BCUT2D eigenvalue weighted by Crippen LogP contribution is -1.94. The predicted molar refractivity (Wildman–Crippen MR) is 76.5 cm³/mol. The van der Waals surface area contributed by atoms with E-state index in [1.54, 1.807) is 19.1 Å². The van der Waals surface area contributed by atoms with Crippen molar-refractivity contribution in [3.05, 3.63) is 50.5 Å². The normalized spacial score (nSPS) is 10.4. The second-order valence-electron chi connectivity index (χ2n) is 3.91. The summed E-state index contributed by atoms with van der Waals surface area (Å²) in [4.78, 5) is 25.4. The van der Waals surface area contributed by atoms with Crippen molar-refractivity contribution in [1.29, 1.82) is 0 Å². The van der Waals surface area contributed by atoms with Crippen LogP contribution in [0.4, 0.5) is 5.69 Å². The number of hydrogen-bond donors (Lipinski definition) is 1. The van der Waals surface area contributed by atoms with Gasteiger partial charge in [-0.15, -0.1) is 11.3 Å². The molecule has 6 nitrogen and oxygen atoms in total. The highest BCUT2D eigenvalue weighted by molar-refractivity contribution is 8.00. The summed E-state index contributed by atoms with van der Waals surface area (Å²) < 4.78 is 0.679. The van der Waals surface area contributed by atoms with E-state index in [-0.39, 0.29) is 10.6 Å². The maximum atomic E-state index is 10.9. The minimum atomic E-state index is -0.970. The van der Waals surface area contributed by atoms with Crippen molar-refractivity contribution in [3.63, 3.8) is 0 Å². The summed E-state index contributed by atoms with van der Waals surface area (Å²) >= 11 is 2.55. The number of carboxylic acids is 1. The lowest BCUT2D eigenvalue weighted by molar-refractivity contribution is -0.384. The predicted octanol–water partition coefficient (Wildman–Crippen LogP) is 3.35. The Labute approximate surface area is 122 Å². The van der Waals surface area contributed by atoms with E-state index < -0.39 is 10.9 Å². The number of aromatic carboxylic acids is 1. The third kappa shape index (κ3) is 3.34. The zero-order valence-electron chi connectivity index (χ0n) is 10.4. The van der Waals surface area contributed by atoms with Crippen molar-refractivity contribution in [1.82, 2.24) is 4.98 Å². The Balaban J connectivity index is 2.03. The van der Waals surface area contributed by atoms with Gasteiger partial charge in [-0.1, -0.05) is 23.9 Å². The Morgan fingerprint density at radius 3 is 2.60 bits per heavy atom. The van der Waals surface area contributed by atoms with Gasteiger partial charge in [0.25, 0.3) is 5.69 Å². The minimum absolute atomic E-state index is 0.0528. The summed E-state index contributed by atoms with van der Waals surface area (Å²) in [5.74, 6) is -0.383. The Hall–Kier alpha value is -1.93. The molecule has 2 rings (SSSR count). The molecule has 0 amide bonds. The fourth-order valence-electron chi connectivity index (χ4n) is 1.49. The number of aromatic nitrogens is 1. The van der Waals surface area contributed by atoms with Crippen LogP contribution in [0.15, 0.2) is 28.6 Å². The van der Waals surface area contributed by atoms with Crippen LogP contribution in [0, 0.1) is 17.0 Å². The van der Waals surface area contributed by atoms with Crippen molar-refractivity contribution >= 4 is 34.8 Å². The van der Waals surface area contributed by atoms with Crippen LogP contribution in [0.5, 0.6) is 0 Å². The molecule has 0 aliphatic rings.